The van der Waals surface area contributed by atoms with E-state index in [1.807, 2.05) is 91.0 Å². The lowest BCUT2D eigenvalue weighted by atomic mass is 9.77. The second-order valence-electron chi connectivity index (χ2n) is 7.67. The van der Waals surface area contributed by atoms with Gasteiger partial charge in [0.1, 0.15) is 10.4 Å². The Bertz CT molecular complexity index is 1340. The van der Waals surface area contributed by atoms with Crippen LogP contribution in [0, 0.1) is 6.08 Å². The maximum absolute atomic E-state index is 12.8. The van der Waals surface area contributed by atoms with Gasteiger partial charge in [0.15, 0.2) is 4.80 Å². The second-order valence-corrected chi connectivity index (χ2v) is 8.64. The maximum Gasteiger partial charge on any atom is 0.350 e. The van der Waals surface area contributed by atoms with E-state index in [2.05, 4.69) is 6.08 Å². The summed E-state index contributed by atoms with van der Waals surface area (Å²) in [5.74, 6) is -0.776. The number of rotatable bonds is 6. The van der Waals surface area contributed by atoms with Crippen LogP contribution in [0.25, 0.3) is 0 Å². The summed E-state index contributed by atoms with van der Waals surface area (Å²) in [6.45, 7) is 1.99. The van der Waals surface area contributed by atoms with Crippen molar-refractivity contribution in [3.63, 3.8) is 0 Å². The zero-order valence-electron chi connectivity index (χ0n) is 18.5. The van der Waals surface area contributed by atoms with Gasteiger partial charge in [-0.1, -0.05) is 102 Å². The van der Waals surface area contributed by atoms with E-state index in [0.717, 1.165) is 28.0 Å². The minimum absolute atomic E-state index is 0.238. The molecule has 0 saturated carbocycles. The predicted molar refractivity (Wildman–Crippen MR) is 131 cm³/mol. The Morgan fingerprint density at radius 1 is 0.912 bits per heavy atom. The highest BCUT2D eigenvalue weighted by atomic mass is 32.1. The third-order valence-electron chi connectivity index (χ3n) is 5.67. The van der Waals surface area contributed by atoms with Crippen LogP contribution in [0.4, 0.5) is 0 Å². The Kier molecular flexibility index (Phi) is 5.82. The summed E-state index contributed by atoms with van der Waals surface area (Å²) in [5, 5.41) is 0. The Morgan fingerprint density at radius 2 is 1.41 bits per heavy atom. The van der Waals surface area contributed by atoms with Gasteiger partial charge < -0.3 is 4.74 Å². The Balaban J connectivity index is 1.88. The number of thiazole rings is 1. The molecule has 167 valence electrons. The van der Waals surface area contributed by atoms with Crippen LogP contribution in [-0.4, -0.2) is 23.1 Å². The van der Waals surface area contributed by atoms with Crippen LogP contribution in [0.5, 0.6) is 0 Å². The van der Waals surface area contributed by atoms with Crippen LogP contribution in [0.2, 0.25) is 0 Å². The number of hydrogen-bond donors (Lipinski definition) is 0. The molecule has 1 aliphatic rings. The fourth-order valence-electron chi connectivity index (χ4n) is 4.19. The van der Waals surface area contributed by atoms with Gasteiger partial charge in [0.25, 0.3) is 5.91 Å². The largest absolute Gasteiger partial charge is 0.462 e. The summed E-state index contributed by atoms with van der Waals surface area (Å²) in [7, 11) is 0. The SMILES string of the molecule is CCOC(=O)c1sc(=NC(c2ccccc2)(c2ccccc2)c2ccccc2)n2c1[C]=CC2=O. The van der Waals surface area contributed by atoms with Gasteiger partial charge in [-0.3, -0.25) is 9.36 Å². The first-order valence-electron chi connectivity index (χ1n) is 10.9. The average molecular weight is 466 g/mol. The molecule has 6 heteroatoms. The van der Waals surface area contributed by atoms with Gasteiger partial charge in [-0.05, 0) is 23.6 Å². The fourth-order valence-corrected chi connectivity index (χ4v) is 5.22. The molecule has 0 bridgehead atoms. The molecule has 0 saturated heterocycles. The first-order valence-corrected chi connectivity index (χ1v) is 11.8. The minimum atomic E-state index is -0.954. The Morgan fingerprint density at radius 3 is 1.88 bits per heavy atom. The molecule has 2 heterocycles. The number of allylic oxidation sites excluding steroid dienone is 1. The van der Waals surface area contributed by atoms with E-state index in [4.69, 9.17) is 9.73 Å². The quantitative estimate of drug-likeness (QED) is 0.298. The molecular weight excluding hydrogens is 444 g/mol. The smallest absolute Gasteiger partial charge is 0.350 e. The average Bonchev–Trinajstić information content (AvgIpc) is 3.45. The van der Waals surface area contributed by atoms with Gasteiger partial charge >= 0.3 is 5.97 Å². The van der Waals surface area contributed by atoms with Crippen LogP contribution in [-0.2, 0) is 10.3 Å². The third-order valence-corrected chi connectivity index (χ3v) is 6.70. The van der Waals surface area contributed by atoms with E-state index in [1.54, 1.807) is 6.92 Å². The molecule has 5 nitrogen and oxygen atoms in total. The number of hydrogen-bond acceptors (Lipinski definition) is 5. The van der Waals surface area contributed by atoms with E-state index in [9.17, 15) is 9.59 Å². The van der Waals surface area contributed by atoms with E-state index < -0.39 is 11.5 Å². The molecule has 4 aromatic rings. The van der Waals surface area contributed by atoms with E-state index in [1.165, 1.54) is 10.6 Å². The molecule has 0 fully saturated rings. The van der Waals surface area contributed by atoms with Gasteiger partial charge in [0.2, 0.25) is 0 Å². The number of carbonyl (C=O) groups excluding carboxylic acids is 2. The lowest BCUT2D eigenvalue weighted by Gasteiger charge is -2.31. The van der Waals surface area contributed by atoms with E-state index in [0.29, 0.717) is 15.4 Å². The Labute approximate surface area is 201 Å². The molecule has 5 rings (SSSR count). The normalized spacial score (nSPS) is 13.2. The molecule has 0 spiro atoms. The van der Waals surface area contributed by atoms with Crippen molar-refractivity contribution in [2.24, 2.45) is 4.99 Å². The topological polar surface area (TPSA) is 60.7 Å². The summed E-state index contributed by atoms with van der Waals surface area (Å²) < 4.78 is 6.68. The molecule has 1 aromatic heterocycles. The van der Waals surface area contributed by atoms with Crippen molar-refractivity contribution < 1.29 is 14.3 Å². The van der Waals surface area contributed by atoms with Crippen molar-refractivity contribution in [1.82, 2.24) is 4.57 Å². The second kappa shape index (κ2) is 9.08. The summed E-state index contributed by atoms with van der Waals surface area (Å²) in [6.07, 6.45) is 4.25. The highest BCUT2D eigenvalue weighted by molar-refractivity contribution is 7.11. The molecule has 3 aromatic carbocycles. The zero-order valence-corrected chi connectivity index (χ0v) is 19.3. The van der Waals surface area contributed by atoms with Crippen molar-refractivity contribution in [2.45, 2.75) is 12.5 Å². The molecule has 0 atom stereocenters. The molecule has 1 radical (unpaired) electrons. The predicted octanol–water partition coefficient (Wildman–Crippen LogP) is 4.98. The molecule has 0 amide bonds. The number of ether oxygens (including phenoxy) is 1. The van der Waals surface area contributed by atoms with Gasteiger partial charge in [-0.2, -0.15) is 0 Å². The van der Waals surface area contributed by atoms with E-state index in [-0.39, 0.29) is 12.5 Å². The van der Waals surface area contributed by atoms with Crippen molar-refractivity contribution in [1.29, 1.82) is 0 Å². The van der Waals surface area contributed by atoms with Gasteiger partial charge in [0, 0.05) is 12.2 Å². The first-order chi connectivity index (χ1) is 16.6. The highest BCUT2D eigenvalue weighted by Gasteiger charge is 2.37. The Hall–Kier alpha value is -4.03. The molecule has 34 heavy (non-hydrogen) atoms. The standard InChI is InChI=1S/C28H21N2O3S/c1-2-33-26(32)25-23-18-19-24(31)30(23)27(34-25)29-28(20-12-6-3-7-13-20,21-14-8-4-9-15-21)22-16-10-5-11-17-22/h3-17,19H,2H2,1H3. The minimum Gasteiger partial charge on any atom is -0.462 e. The van der Waals surface area contributed by atoms with Gasteiger partial charge in [-0.15, -0.1) is 0 Å². The lowest BCUT2D eigenvalue weighted by Crippen LogP contribution is -2.32. The summed E-state index contributed by atoms with van der Waals surface area (Å²) >= 11 is 1.14. The van der Waals surface area contributed by atoms with Crippen molar-refractivity contribution >= 4 is 23.2 Å². The molecule has 0 N–H and O–H groups in total. The number of esters is 1. The molecule has 1 aliphatic heterocycles. The lowest BCUT2D eigenvalue weighted by molar-refractivity contribution is 0.0531. The zero-order chi connectivity index (χ0) is 23.5. The van der Waals surface area contributed by atoms with Gasteiger partial charge in [-0.25, -0.2) is 9.79 Å². The van der Waals surface area contributed by atoms with Crippen LogP contribution in [0.1, 0.15) is 43.8 Å². The first kappa shape index (κ1) is 21.8. The summed E-state index contributed by atoms with van der Waals surface area (Å²) in [4.78, 5) is 31.5. The van der Waals surface area contributed by atoms with Crippen LogP contribution in [0.15, 0.2) is 102 Å². The van der Waals surface area contributed by atoms with Crippen molar-refractivity contribution in [2.75, 3.05) is 6.61 Å². The van der Waals surface area contributed by atoms with Crippen LogP contribution >= 0.6 is 11.3 Å². The summed E-state index contributed by atoms with van der Waals surface area (Å²) in [5.41, 5.74) is 2.25. The number of benzene rings is 3. The number of aromatic nitrogens is 1. The monoisotopic (exact) mass is 465 g/mol. The van der Waals surface area contributed by atoms with Crippen molar-refractivity contribution in [3.8, 4) is 0 Å². The molecular formula is C28H21N2O3S. The van der Waals surface area contributed by atoms with E-state index >= 15 is 0 Å². The van der Waals surface area contributed by atoms with Gasteiger partial charge in [0.05, 0.1) is 12.3 Å². The number of fused-ring (bicyclic) bond motifs is 1. The fraction of sp³-hybridized carbons (Fsp3) is 0.107. The molecule has 0 aliphatic carbocycles. The number of carbonyl (C=O) groups is 2. The maximum atomic E-state index is 12.8. The number of nitrogens with zero attached hydrogens (tertiary/aromatic N) is 2. The molecule has 0 unspecified atom stereocenters. The van der Waals surface area contributed by atoms with Crippen LogP contribution in [0.3, 0.4) is 0 Å². The third kappa shape index (κ3) is 3.62. The summed E-state index contributed by atoms with van der Waals surface area (Å²) in [6, 6.07) is 29.9. The van der Waals surface area contributed by atoms with Crippen LogP contribution < -0.4 is 4.80 Å². The van der Waals surface area contributed by atoms with Crippen molar-refractivity contribution in [3.05, 3.63) is 135 Å². The highest BCUT2D eigenvalue weighted by Crippen LogP contribution is 2.40.